The highest BCUT2D eigenvalue weighted by atomic mass is 14.1. The Morgan fingerprint density at radius 1 is 0.0859 bits per heavy atom. The maximum atomic E-state index is 2.31. The molecule has 0 saturated heterocycles. The topological polar surface area (TPSA) is 0 Å². The standard InChI is InChI=1S/8C16H14/c1-11-3-7-15-13(9-11)5-6-14-10-12(2)4-8-16(14)15;1-11-3-5-13-10-16-8-12(2)4-6-14(16)9-15(13)7-11;1-11-3-5-13-9-14-6-4-12(2)8-16(14)10-15(13)7-11;1-11-3-5-13-7-8-14-6-4-12(2)10-16(14)15(13)9-11;1-11-5-3-7-13-10-16-12(2)6-4-8-14(16)9-15(11)13;1-11-5-3-7-13-9-14-8-4-6-12(2)16(14)10-15(11)13;1-11-5-3-7-15-13(11)9-10-14-12(2)6-4-8-16(14)15;1-11-6-7-13-8-9-14-12(2)4-3-5-15(14)16(13)10-11/h8*3-10H,1-2H3. The fourth-order valence-electron chi connectivity index (χ4n) is 18.6. The van der Waals surface area contributed by atoms with E-state index in [1.165, 1.54) is 261 Å². The van der Waals surface area contributed by atoms with Gasteiger partial charge in [0.2, 0.25) is 0 Å². The van der Waals surface area contributed by atoms with Crippen molar-refractivity contribution in [3.05, 3.63) is 477 Å². The molecule has 0 aromatic heterocycles. The number of benzene rings is 24. The Hall–Kier alpha value is -14.6. The van der Waals surface area contributed by atoms with Gasteiger partial charge >= 0.3 is 0 Å². The van der Waals surface area contributed by atoms with Crippen LogP contribution in [-0.4, -0.2) is 0 Å². The van der Waals surface area contributed by atoms with Gasteiger partial charge in [0.15, 0.2) is 0 Å². The molecule has 0 fully saturated rings. The minimum atomic E-state index is 1.32. The summed E-state index contributed by atoms with van der Waals surface area (Å²) in [4.78, 5) is 0. The van der Waals surface area contributed by atoms with Gasteiger partial charge in [0.25, 0.3) is 0 Å². The molecule has 24 aromatic rings. The summed E-state index contributed by atoms with van der Waals surface area (Å²) in [6.07, 6.45) is 0. The van der Waals surface area contributed by atoms with Crippen LogP contribution in [0.2, 0.25) is 0 Å². The molecular weight excluding hydrogens is 1540 g/mol. The van der Waals surface area contributed by atoms with Crippen molar-refractivity contribution < 1.29 is 0 Å². The molecule has 0 aliphatic heterocycles. The Kier molecular flexibility index (Phi) is 25.0. The van der Waals surface area contributed by atoms with Gasteiger partial charge in [0.1, 0.15) is 0 Å². The maximum absolute atomic E-state index is 2.31. The Labute approximate surface area is 755 Å². The molecule has 0 amide bonds. The van der Waals surface area contributed by atoms with Crippen molar-refractivity contribution in [2.45, 2.75) is 111 Å². The van der Waals surface area contributed by atoms with E-state index in [-0.39, 0.29) is 0 Å². The molecule has 24 aromatic carbocycles. The lowest BCUT2D eigenvalue weighted by Crippen LogP contribution is -1.82. The summed E-state index contributed by atoms with van der Waals surface area (Å²) >= 11 is 0. The van der Waals surface area contributed by atoms with E-state index in [9.17, 15) is 0 Å². The Bertz CT molecular complexity index is 7760. The van der Waals surface area contributed by atoms with Crippen LogP contribution in [0.25, 0.3) is 172 Å². The van der Waals surface area contributed by atoms with E-state index in [0.29, 0.717) is 0 Å². The van der Waals surface area contributed by atoms with Crippen LogP contribution >= 0.6 is 0 Å². The second-order valence-electron chi connectivity index (χ2n) is 35.9. The van der Waals surface area contributed by atoms with Crippen LogP contribution in [0.15, 0.2) is 388 Å². The lowest BCUT2D eigenvalue weighted by molar-refractivity contribution is 1.50. The van der Waals surface area contributed by atoms with Gasteiger partial charge in [-0.2, -0.15) is 0 Å². The summed E-state index contributed by atoms with van der Waals surface area (Å²) in [6.45, 7) is 34.5. The maximum Gasteiger partial charge on any atom is -0.0103 e. The van der Waals surface area contributed by atoms with Gasteiger partial charge in [0, 0.05) is 0 Å². The SMILES string of the molecule is Cc1ccc2c(ccc3cc(C)ccc32)c1.Cc1ccc2cc3cc(C)ccc3cc2c1.Cc1ccc2cc3ccc(C)cc3cc2c1.Cc1ccc2ccc3c(C)cccc3c2c1.Cc1ccc2ccc3ccc(C)cc3c2c1.Cc1cccc2c1ccc1c(C)cccc12.Cc1cccc2cc3c(C)cccc3cc12.Cc1cccc2cc3cccc(C)c3cc12. The first-order valence-corrected chi connectivity index (χ1v) is 45.1. The van der Waals surface area contributed by atoms with Crippen LogP contribution in [0.1, 0.15) is 89.0 Å². The molecule has 0 bridgehead atoms. The van der Waals surface area contributed by atoms with E-state index in [2.05, 4.69) is 499 Å². The van der Waals surface area contributed by atoms with E-state index in [4.69, 9.17) is 0 Å². The molecule has 0 spiro atoms. The zero-order valence-corrected chi connectivity index (χ0v) is 77.0. The van der Waals surface area contributed by atoms with Gasteiger partial charge in [-0.15, -0.1) is 0 Å². The largest absolute Gasteiger partial charge is 0.0614 e. The molecule has 0 nitrogen and oxygen atoms in total. The van der Waals surface area contributed by atoms with Gasteiger partial charge in [0.05, 0.1) is 0 Å². The number of rotatable bonds is 0. The highest BCUT2D eigenvalue weighted by Gasteiger charge is 2.11. The minimum absolute atomic E-state index is 1.32. The van der Waals surface area contributed by atoms with E-state index < -0.39 is 0 Å². The van der Waals surface area contributed by atoms with Gasteiger partial charge < -0.3 is 0 Å². The van der Waals surface area contributed by atoms with E-state index in [1.54, 1.807) is 0 Å². The molecule has 0 aliphatic rings. The third kappa shape index (κ3) is 18.9. The lowest BCUT2D eigenvalue weighted by atomic mass is 9.97. The minimum Gasteiger partial charge on any atom is -0.0614 e. The molecular formula is C128H112. The van der Waals surface area contributed by atoms with Crippen molar-refractivity contribution in [1.29, 1.82) is 0 Å². The summed E-state index contributed by atoms with van der Waals surface area (Å²) in [5, 5.41) is 43.0. The lowest BCUT2D eigenvalue weighted by Gasteiger charge is -2.07. The predicted molar refractivity (Wildman–Crippen MR) is 567 cm³/mol. The zero-order valence-electron chi connectivity index (χ0n) is 77.0. The highest BCUT2D eigenvalue weighted by Crippen LogP contribution is 2.36. The van der Waals surface area contributed by atoms with E-state index in [0.717, 1.165) is 0 Å². The van der Waals surface area contributed by atoms with E-state index >= 15 is 0 Å². The average Bonchev–Trinajstić information content (AvgIpc) is 0.762. The monoisotopic (exact) mass is 1650 g/mol. The molecule has 0 radical (unpaired) electrons. The summed E-state index contributed by atoms with van der Waals surface area (Å²) in [5.74, 6) is 0. The first kappa shape index (κ1) is 85.6. The second kappa shape index (κ2) is 37.3. The van der Waals surface area contributed by atoms with Gasteiger partial charge in [-0.3, -0.25) is 0 Å². The molecule has 0 aliphatic carbocycles. The quantitative estimate of drug-likeness (QED) is 0.105. The molecule has 0 heterocycles. The first-order valence-electron chi connectivity index (χ1n) is 45.1. The van der Waals surface area contributed by atoms with Crippen LogP contribution in [-0.2, 0) is 0 Å². The Balaban J connectivity index is 0.000000103. The van der Waals surface area contributed by atoms with Crippen molar-refractivity contribution in [1.82, 2.24) is 0 Å². The van der Waals surface area contributed by atoms with Gasteiger partial charge in [-0.25, -0.2) is 0 Å². The zero-order chi connectivity index (χ0) is 89.0. The van der Waals surface area contributed by atoms with Crippen molar-refractivity contribution in [2.75, 3.05) is 0 Å². The van der Waals surface area contributed by atoms with Crippen molar-refractivity contribution in [2.24, 2.45) is 0 Å². The summed E-state index contributed by atoms with van der Waals surface area (Å²) in [6, 6.07) is 141. The summed E-state index contributed by atoms with van der Waals surface area (Å²) in [7, 11) is 0. The Morgan fingerprint density at radius 3 is 0.594 bits per heavy atom. The molecule has 24 rings (SSSR count). The highest BCUT2D eigenvalue weighted by molar-refractivity contribution is 6.13. The third-order valence-corrected chi connectivity index (χ3v) is 25.7. The molecule has 0 heteroatoms. The number of hydrogen-bond donors (Lipinski definition) is 0. The van der Waals surface area contributed by atoms with Crippen molar-refractivity contribution >= 4 is 172 Å². The fraction of sp³-hybridized carbons (Fsp3) is 0.125. The second-order valence-corrected chi connectivity index (χ2v) is 35.9. The smallest absolute Gasteiger partial charge is 0.0103 e. The van der Waals surface area contributed by atoms with Crippen LogP contribution in [0.5, 0.6) is 0 Å². The van der Waals surface area contributed by atoms with Crippen molar-refractivity contribution in [3.63, 3.8) is 0 Å². The molecule has 0 saturated carbocycles. The first-order chi connectivity index (χ1) is 61.9. The third-order valence-electron chi connectivity index (χ3n) is 25.7. The number of aryl methyl sites for hydroxylation is 16. The normalized spacial score (nSPS) is 11.1. The van der Waals surface area contributed by atoms with Crippen molar-refractivity contribution in [3.8, 4) is 0 Å². The van der Waals surface area contributed by atoms with Crippen LogP contribution in [0.4, 0.5) is 0 Å². The molecule has 0 N–H and O–H groups in total. The molecule has 0 atom stereocenters. The average molecular weight is 1650 g/mol. The molecule has 0 unspecified atom stereocenters. The van der Waals surface area contributed by atoms with Crippen LogP contribution in [0.3, 0.4) is 0 Å². The summed E-state index contributed by atoms with van der Waals surface area (Å²) < 4.78 is 0. The van der Waals surface area contributed by atoms with Crippen LogP contribution in [0, 0.1) is 111 Å². The van der Waals surface area contributed by atoms with Crippen LogP contribution < -0.4 is 0 Å². The fourth-order valence-corrected chi connectivity index (χ4v) is 18.6. The summed E-state index contributed by atoms with van der Waals surface area (Å²) in [5.41, 5.74) is 21.3. The van der Waals surface area contributed by atoms with Gasteiger partial charge in [-0.05, 0) is 371 Å². The molecule has 624 valence electrons. The molecule has 128 heavy (non-hydrogen) atoms. The van der Waals surface area contributed by atoms with E-state index in [1.807, 2.05) is 0 Å². The number of fused-ring (bicyclic) bond motifs is 20. The Morgan fingerprint density at radius 2 is 0.266 bits per heavy atom. The predicted octanol–water partition coefficient (Wildman–Crippen LogP) is 36.9. The van der Waals surface area contributed by atoms with Gasteiger partial charge in [-0.1, -0.05) is 390 Å². The number of hydrogen-bond acceptors (Lipinski definition) is 0.